The molecule has 22 N–H and O–H groups in total. The van der Waals surface area contributed by atoms with Crippen LogP contribution in [0.1, 0.15) is 121 Å². The number of rotatable bonds is 42. The summed E-state index contributed by atoms with van der Waals surface area (Å²) >= 11 is 1.45. The van der Waals surface area contributed by atoms with E-state index in [9.17, 15) is 62.3 Å². The molecule has 0 bridgehead atoms. The van der Waals surface area contributed by atoms with E-state index in [1.807, 2.05) is 20.1 Å². The molecule has 2 aromatic carbocycles. The van der Waals surface area contributed by atoms with Crippen LogP contribution in [0.3, 0.4) is 0 Å². The van der Waals surface area contributed by atoms with E-state index in [-0.39, 0.29) is 83.0 Å². The van der Waals surface area contributed by atoms with Crippen molar-refractivity contribution in [3.8, 4) is 0 Å². The number of aliphatic imine (C=N–C) groups is 1. The van der Waals surface area contributed by atoms with E-state index in [4.69, 9.17) is 40.1 Å². The average Bonchev–Trinajstić information content (AvgIpc) is 1.74. The number of hydrogen-bond acceptors (Lipinski definition) is 17. The highest BCUT2D eigenvalue weighted by Crippen LogP contribution is 2.24. The molecule has 0 saturated carbocycles. The summed E-state index contributed by atoms with van der Waals surface area (Å²) in [7, 11) is 0. The molecule has 2 heterocycles. The van der Waals surface area contributed by atoms with Gasteiger partial charge in [0.1, 0.15) is 54.4 Å². The van der Waals surface area contributed by atoms with Gasteiger partial charge in [0.15, 0.2) is 5.96 Å². The van der Waals surface area contributed by atoms with Crippen molar-refractivity contribution in [1.29, 1.82) is 0 Å². The van der Waals surface area contributed by atoms with Gasteiger partial charge in [0.05, 0.1) is 12.6 Å². The number of nitrogens with one attached hydrogen (secondary N) is 8. The molecule has 0 aliphatic carbocycles. The van der Waals surface area contributed by atoms with Gasteiger partial charge in [0.25, 0.3) is 0 Å². The SMILES string of the molecule is CSCC[C@H](NC(=O)[C@@H](CC(C)C)NC(=O)CNC(=O)[C@H](Cc1ccccc1)NC(=O)[C@@H](Cc1ccccc1)NC(=O)[C@@H](CCC(N)=O)NC(=O)[C@H](CCC(N)=O)NC(=O)[C@H]1CCCN1C(=O)[C@H](CCCCN)NC(=O)[C@H]1CCCN1C(=O)[C@@H](N)CCCN=C(N)N)C(N)=O. The number of hydrogen-bond donors (Lipinski definition) is 15. The first-order valence-corrected chi connectivity index (χ1v) is 33.6. The van der Waals surface area contributed by atoms with E-state index in [1.54, 1.807) is 60.7 Å². The first-order chi connectivity index (χ1) is 45.2. The lowest BCUT2D eigenvalue weighted by Gasteiger charge is -2.32. The fraction of sp³-hybridized carbons (Fsp3) is 0.587. The Morgan fingerprint density at radius 1 is 0.537 bits per heavy atom. The number of benzene rings is 2. The lowest BCUT2D eigenvalue weighted by atomic mass is 10.0. The van der Waals surface area contributed by atoms with Crippen molar-refractivity contribution in [3.05, 3.63) is 71.8 Å². The summed E-state index contributed by atoms with van der Waals surface area (Å²) in [5.41, 5.74) is 40.6. The topological polar surface area (TPSA) is 519 Å². The van der Waals surface area contributed by atoms with Crippen LogP contribution in [0.2, 0.25) is 0 Å². The number of thioether (sulfide) groups is 1. The Balaban J connectivity index is 1.56. The van der Waals surface area contributed by atoms with E-state index in [0.717, 1.165) is 0 Å². The Morgan fingerprint density at radius 2 is 1.01 bits per heavy atom. The lowest BCUT2D eigenvalue weighted by molar-refractivity contribution is -0.144. The minimum absolute atomic E-state index is 0.0736. The Morgan fingerprint density at radius 3 is 1.51 bits per heavy atom. The Bertz CT molecular complexity index is 2960. The maximum atomic E-state index is 14.7. The van der Waals surface area contributed by atoms with Crippen molar-refractivity contribution in [3.63, 3.8) is 0 Å². The second-order valence-corrected chi connectivity index (χ2v) is 25.1. The molecule has 31 nitrogen and oxygen atoms in total. The summed E-state index contributed by atoms with van der Waals surface area (Å²) in [5, 5.41) is 21.1. The van der Waals surface area contributed by atoms with Gasteiger partial charge in [-0.2, -0.15) is 11.8 Å². The Hall–Kier alpha value is -8.91. The van der Waals surface area contributed by atoms with Gasteiger partial charge in [0.2, 0.25) is 76.8 Å². The molecule has 0 radical (unpaired) electrons. The molecule has 95 heavy (non-hydrogen) atoms. The molecule has 524 valence electrons. The van der Waals surface area contributed by atoms with Crippen LogP contribution in [0.25, 0.3) is 0 Å². The molecule has 2 saturated heterocycles. The van der Waals surface area contributed by atoms with Crippen molar-refractivity contribution >= 4 is 94.5 Å². The number of primary amides is 3. The van der Waals surface area contributed by atoms with Crippen LogP contribution in [0, 0.1) is 5.92 Å². The zero-order valence-electron chi connectivity index (χ0n) is 54.5. The Kier molecular flexibility index (Phi) is 33.9. The molecule has 2 aromatic rings. The fourth-order valence-corrected chi connectivity index (χ4v) is 11.5. The molecular formula is C63H98N18O13S. The molecule has 32 heteroatoms. The third-order valence-electron chi connectivity index (χ3n) is 16.0. The number of guanidine groups is 1. The largest absolute Gasteiger partial charge is 0.370 e. The fourth-order valence-electron chi connectivity index (χ4n) is 11.0. The van der Waals surface area contributed by atoms with E-state index < -0.39 is 169 Å². The molecule has 0 spiro atoms. The van der Waals surface area contributed by atoms with Crippen LogP contribution >= 0.6 is 11.8 Å². The highest BCUT2D eigenvalue weighted by Gasteiger charge is 2.42. The van der Waals surface area contributed by atoms with E-state index in [0.29, 0.717) is 55.4 Å². The monoisotopic (exact) mass is 1350 g/mol. The van der Waals surface area contributed by atoms with Crippen LogP contribution < -0.4 is 82.7 Å². The molecule has 2 aliphatic rings. The number of nitrogens with zero attached hydrogens (tertiary/aromatic N) is 3. The third-order valence-corrected chi connectivity index (χ3v) is 16.7. The third kappa shape index (κ3) is 27.5. The smallest absolute Gasteiger partial charge is 0.245 e. The van der Waals surface area contributed by atoms with Gasteiger partial charge < -0.3 is 92.5 Å². The molecule has 10 atom stereocenters. The zero-order chi connectivity index (χ0) is 70.1. The predicted octanol–water partition coefficient (Wildman–Crippen LogP) is -3.71. The van der Waals surface area contributed by atoms with Crippen LogP contribution in [-0.4, -0.2) is 198 Å². The molecule has 0 aromatic heterocycles. The Labute approximate surface area is 558 Å². The highest BCUT2D eigenvalue weighted by atomic mass is 32.2. The van der Waals surface area contributed by atoms with Crippen molar-refractivity contribution in [2.24, 2.45) is 51.0 Å². The van der Waals surface area contributed by atoms with Gasteiger partial charge in [-0.15, -0.1) is 0 Å². The minimum Gasteiger partial charge on any atom is -0.370 e. The lowest BCUT2D eigenvalue weighted by Crippen LogP contribution is -2.60. The quantitative estimate of drug-likeness (QED) is 0.0173. The maximum Gasteiger partial charge on any atom is 0.245 e. The van der Waals surface area contributed by atoms with Gasteiger partial charge >= 0.3 is 0 Å². The van der Waals surface area contributed by atoms with Gasteiger partial charge in [-0.25, -0.2) is 0 Å². The standard InChI is InChI=1S/C63H98N18O13S/c1-37(2)33-45(57(89)74-41(53(68)85)27-32-95-3)73-52(84)36-72-54(86)46(34-38-15-6-4-7-16-38)78-58(90)47(35-39-17-8-5-9-18-39)79-56(88)42(23-25-50(66)82)75-55(87)43(24-26-51(67)83)76-59(91)49-22-14-31-81(49)62(94)44(20-10-11-28-64)77-60(92)48-21-13-30-80(48)61(93)40(65)19-12-29-71-63(69)70/h4-9,15-18,37,40-49H,10-14,19-36,64-65H2,1-3H3,(H2,66,82)(H2,67,83)(H2,68,85)(H,72,86)(H,73,84)(H,74,89)(H,75,87)(H,76,91)(H,77,92)(H,78,90)(H,79,88)(H4,69,70,71)/t40-,41-,42+,43-,44-,45+,46-,47+,48+,49+/m0/s1. The normalized spacial score (nSPS) is 16.8. The second-order valence-electron chi connectivity index (χ2n) is 24.1. The van der Waals surface area contributed by atoms with E-state index >= 15 is 0 Å². The summed E-state index contributed by atoms with van der Waals surface area (Å²) in [4.78, 5) is 185. The first-order valence-electron chi connectivity index (χ1n) is 32.2. The summed E-state index contributed by atoms with van der Waals surface area (Å²) in [6.07, 6.45) is 3.12. The number of carbonyl (C=O) groups excluding carboxylic acids is 13. The number of unbranched alkanes of at least 4 members (excludes halogenated alkanes) is 1. The summed E-state index contributed by atoms with van der Waals surface area (Å²) in [6, 6.07) is 4.51. The summed E-state index contributed by atoms with van der Waals surface area (Å²) in [5.74, 6) is -9.80. The van der Waals surface area contributed by atoms with E-state index in [2.05, 4.69) is 47.5 Å². The summed E-state index contributed by atoms with van der Waals surface area (Å²) < 4.78 is 0. The minimum atomic E-state index is -1.64. The summed E-state index contributed by atoms with van der Waals surface area (Å²) in [6.45, 7) is 3.86. The highest BCUT2D eigenvalue weighted by molar-refractivity contribution is 7.98. The predicted molar refractivity (Wildman–Crippen MR) is 356 cm³/mol. The van der Waals surface area contributed by atoms with Crippen molar-refractivity contribution in [2.75, 3.05) is 44.7 Å². The van der Waals surface area contributed by atoms with Crippen LogP contribution in [0.5, 0.6) is 0 Å². The first kappa shape index (κ1) is 78.5. The number of nitrogens with two attached hydrogens (primary N) is 7. The van der Waals surface area contributed by atoms with Gasteiger partial charge in [-0.3, -0.25) is 67.3 Å². The van der Waals surface area contributed by atoms with Gasteiger partial charge in [0, 0.05) is 45.3 Å². The zero-order valence-corrected chi connectivity index (χ0v) is 55.3. The number of amides is 13. The molecule has 0 unspecified atom stereocenters. The van der Waals surface area contributed by atoms with E-state index in [1.165, 1.54) is 21.6 Å². The second kappa shape index (κ2) is 41.0. The van der Waals surface area contributed by atoms with Crippen molar-refractivity contribution in [2.45, 2.75) is 183 Å². The number of likely N-dealkylation sites (tertiary alicyclic amines) is 2. The molecule has 4 rings (SSSR count). The maximum absolute atomic E-state index is 14.7. The average molecular weight is 1350 g/mol. The van der Waals surface area contributed by atoms with Crippen molar-refractivity contribution in [1.82, 2.24) is 52.3 Å². The van der Waals surface area contributed by atoms with Gasteiger partial charge in [-0.05, 0) is 119 Å². The molecule has 2 aliphatic heterocycles. The van der Waals surface area contributed by atoms with Crippen LogP contribution in [0.15, 0.2) is 65.7 Å². The van der Waals surface area contributed by atoms with Crippen LogP contribution in [-0.2, 0) is 75.2 Å². The van der Waals surface area contributed by atoms with Gasteiger partial charge in [-0.1, -0.05) is 74.5 Å². The van der Waals surface area contributed by atoms with Crippen molar-refractivity contribution < 1.29 is 62.3 Å². The molecular weight excluding hydrogens is 1250 g/mol. The molecule has 13 amide bonds. The number of carbonyl (C=O) groups is 13. The molecule has 2 fully saturated rings. The van der Waals surface area contributed by atoms with Crippen LogP contribution in [0.4, 0.5) is 0 Å².